The highest BCUT2D eigenvalue weighted by Crippen LogP contribution is 2.33. The van der Waals surface area contributed by atoms with Gasteiger partial charge in [0.1, 0.15) is 0 Å². The van der Waals surface area contributed by atoms with Crippen molar-refractivity contribution >= 4 is 0 Å². The molecule has 4 heteroatoms. The molecule has 1 rings (SSSR count). The normalized spacial score (nSPS) is 34.2. The summed E-state index contributed by atoms with van der Waals surface area (Å²) in [6.07, 6.45) is 2.55. The second-order valence-electron chi connectivity index (χ2n) is 4.12. The van der Waals surface area contributed by atoms with Gasteiger partial charge in [-0.15, -0.1) is 0 Å². The molecule has 1 aliphatic rings. The van der Waals surface area contributed by atoms with Crippen LogP contribution >= 0.6 is 0 Å². The van der Waals surface area contributed by atoms with E-state index < -0.39 is 11.8 Å². The van der Waals surface area contributed by atoms with Crippen molar-refractivity contribution < 1.29 is 0 Å². The van der Waals surface area contributed by atoms with Crippen LogP contribution in [0.3, 0.4) is 0 Å². The first kappa shape index (κ1) is 12.0. The van der Waals surface area contributed by atoms with E-state index in [1.165, 1.54) is 0 Å². The molecule has 16 heavy (non-hydrogen) atoms. The minimum atomic E-state index is -0.550. The van der Waals surface area contributed by atoms with Gasteiger partial charge in [0.2, 0.25) is 0 Å². The molecule has 4 nitrogen and oxygen atoms in total. The Balaban J connectivity index is 2.91. The van der Waals surface area contributed by atoms with Crippen LogP contribution < -0.4 is 0 Å². The Kier molecular flexibility index (Phi) is 4.32. The Morgan fingerprint density at radius 3 is 1.94 bits per heavy atom. The zero-order valence-corrected chi connectivity index (χ0v) is 8.93. The summed E-state index contributed by atoms with van der Waals surface area (Å²) in [5.41, 5.74) is 0. The molecule has 0 radical (unpaired) electrons. The van der Waals surface area contributed by atoms with Gasteiger partial charge in [-0.2, -0.15) is 21.0 Å². The molecular formula is C12H12N4. The van der Waals surface area contributed by atoms with E-state index >= 15 is 0 Å². The summed E-state index contributed by atoms with van der Waals surface area (Å²) in [4.78, 5) is 0. The molecule has 4 unspecified atom stereocenters. The average molecular weight is 212 g/mol. The Labute approximate surface area is 95.3 Å². The number of rotatable bonds is 0. The lowest BCUT2D eigenvalue weighted by Gasteiger charge is -2.25. The molecule has 0 aromatic carbocycles. The van der Waals surface area contributed by atoms with E-state index in [0.29, 0.717) is 12.8 Å². The van der Waals surface area contributed by atoms with Gasteiger partial charge in [-0.25, -0.2) is 0 Å². The zero-order chi connectivity index (χ0) is 12.0. The van der Waals surface area contributed by atoms with Crippen LogP contribution in [0.15, 0.2) is 0 Å². The summed E-state index contributed by atoms with van der Waals surface area (Å²) in [7, 11) is 0. The third kappa shape index (κ3) is 2.50. The van der Waals surface area contributed by atoms with Crippen LogP contribution in [-0.2, 0) is 0 Å². The number of hydrogen-bond acceptors (Lipinski definition) is 4. The van der Waals surface area contributed by atoms with E-state index in [2.05, 4.69) is 24.3 Å². The van der Waals surface area contributed by atoms with E-state index in [1.54, 1.807) is 0 Å². The minimum Gasteiger partial charge on any atom is -0.198 e. The summed E-state index contributed by atoms with van der Waals surface area (Å²) in [5.74, 6) is -1.56. The molecule has 0 bridgehead atoms. The lowest BCUT2D eigenvalue weighted by molar-refractivity contribution is 0.290. The summed E-state index contributed by atoms with van der Waals surface area (Å²) in [6.45, 7) is 0. The maximum atomic E-state index is 9.03. The average Bonchev–Trinajstić information content (AvgIpc) is 2.30. The Morgan fingerprint density at radius 1 is 0.750 bits per heavy atom. The summed E-state index contributed by atoms with van der Waals surface area (Å²) < 4.78 is 0. The zero-order valence-electron chi connectivity index (χ0n) is 8.93. The van der Waals surface area contributed by atoms with Crippen molar-refractivity contribution in [2.75, 3.05) is 0 Å². The second-order valence-corrected chi connectivity index (χ2v) is 4.12. The molecule has 0 aromatic rings. The summed E-state index contributed by atoms with van der Waals surface area (Å²) >= 11 is 0. The van der Waals surface area contributed by atoms with Gasteiger partial charge in [-0.1, -0.05) is 6.42 Å². The highest BCUT2D eigenvalue weighted by Gasteiger charge is 2.33. The molecular weight excluding hydrogens is 200 g/mol. The quantitative estimate of drug-likeness (QED) is 0.614. The van der Waals surface area contributed by atoms with Gasteiger partial charge < -0.3 is 0 Å². The van der Waals surface area contributed by atoms with Crippen molar-refractivity contribution in [3.63, 3.8) is 0 Å². The minimum absolute atomic E-state index is 0.153. The lowest BCUT2D eigenvalue weighted by Crippen LogP contribution is -2.25. The lowest BCUT2D eigenvalue weighted by atomic mass is 9.74. The van der Waals surface area contributed by atoms with Gasteiger partial charge in [0.05, 0.1) is 42.0 Å². The smallest absolute Gasteiger partial charge is 0.0780 e. The predicted octanol–water partition coefficient (Wildman–Crippen LogP) is 2.12. The molecule has 1 aliphatic carbocycles. The predicted molar refractivity (Wildman–Crippen MR) is 54.9 cm³/mol. The van der Waals surface area contributed by atoms with Crippen LogP contribution in [-0.4, -0.2) is 0 Å². The second kappa shape index (κ2) is 5.75. The van der Waals surface area contributed by atoms with Gasteiger partial charge in [-0.05, 0) is 19.3 Å². The van der Waals surface area contributed by atoms with Crippen molar-refractivity contribution in [3.8, 4) is 24.3 Å². The fourth-order valence-corrected chi connectivity index (χ4v) is 2.19. The Bertz CT molecular complexity index is 401. The van der Waals surface area contributed by atoms with Crippen molar-refractivity contribution in [2.45, 2.75) is 25.7 Å². The van der Waals surface area contributed by atoms with E-state index in [-0.39, 0.29) is 11.8 Å². The van der Waals surface area contributed by atoms with Gasteiger partial charge in [-0.3, -0.25) is 0 Å². The van der Waals surface area contributed by atoms with Crippen LogP contribution in [0.1, 0.15) is 25.7 Å². The fourth-order valence-electron chi connectivity index (χ4n) is 2.19. The van der Waals surface area contributed by atoms with Crippen molar-refractivity contribution in [2.24, 2.45) is 23.7 Å². The van der Waals surface area contributed by atoms with E-state index in [1.807, 2.05) is 0 Å². The van der Waals surface area contributed by atoms with Gasteiger partial charge >= 0.3 is 0 Å². The third-order valence-electron chi connectivity index (χ3n) is 3.14. The molecule has 4 atom stereocenters. The van der Waals surface area contributed by atoms with Crippen LogP contribution in [0.5, 0.6) is 0 Å². The summed E-state index contributed by atoms with van der Waals surface area (Å²) in [6, 6.07) is 8.42. The van der Waals surface area contributed by atoms with Gasteiger partial charge in [0.25, 0.3) is 0 Å². The van der Waals surface area contributed by atoms with Crippen molar-refractivity contribution in [1.29, 1.82) is 21.0 Å². The molecule has 0 aromatic heterocycles. The van der Waals surface area contributed by atoms with E-state index in [0.717, 1.165) is 12.8 Å². The highest BCUT2D eigenvalue weighted by atomic mass is 14.4. The molecule has 80 valence electrons. The largest absolute Gasteiger partial charge is 0.198 e. The van der Waals surface area contributed by atoms with Crippen LogP contribution in [0, 0.1) is 69.0 Å². The van der Waals surface area contributed by atoms with E-state index in [9.17, 15) is 0 Å². The monoisotopic (exact) mass is 212 g/mol. The molecule has 0 saturated heterocycles. The van der Waals surface area contributed by atoms with Crippen LogP contribution in [0.4, 0.5) is 0 Å². The summed E-state index contributed by atoms with van der Waals surface area (Å²) in [5, 5.41) is 35.9. The first-order valence-electron chi connectivity index (χ1n) is 5.35. The first-order chi connectivity index (χ1) is 7.76. The van der Waals surface area contributed by atoms with Crippen LogP contribution in [0.2, 0.25) is 0 Å². The van der Waals surface area contributed by atoms with Crippen LogP contribution in [0.25, 0.3) is 0 Å². The molecule has 0 aliphatic heterocycles. The van der Waals surface area contributed by atoms with Gasteiger partial charge in [0, 0.05) is 5.92 Å². The standard InChI is InChI=1S/C12H12N4/c13-5-9-2-1-3-10(6-14)12(8-16)11(4-9)7-15/h9-12H,1-4H2. The SMILES string of the molecule is N#CC1CCCC(C#N)C(C#N)C(C#N)C1. The molecule has 1 saturated carbocycles. The highest BCUT2D eigenvalue weighted by molar-refractivity contribution is 5.08. The maximum absolute atomic E-state index is 9.03. The number of nitriles is 4. The Hall–Kier alpha value is -2.04. The first-order valence-corrected chi connectivity index (χ1v) is 5.35. The van der Waals surface area contributed by atoms with Gasteiger partial charge in [0.15, 0.2) is 0 Å². The van der Waals surface area contributed by atoms with E-state index in [4.69, 9.17) is 21.0 Å². The number of hydrogen-bond donors (Lipinski definition) is 0. The molecule has 0 spiro atoms. The Morgan fingerprint density at radius 2 is 1.44 bits per heavy atom. The fraction of sp³-hybridized carbons (Fsp3) is 0.667. The molecule has 0 heterocycles. The molecule has 0 N–H and O–H groups in total. The topological polar surface area (TPSA) is 95.2 Å². The van der Waals surface area contributed by atoms with Crippen molar-refractivity contribution in [3.05, 3.63) is 0 Å². The number of nitrogens with zero attached hydrogens (tertiary/aromatic N) is 4. The maximum Gasteiger partial charge on any atom is 0.0780 e. The molecule has 1 fully saturated rings. The molecule has 0 amide bonds. The van der Waals surface area contributed by atoms with Crippen molar-refractivity contribution in [1.82, 2.24) is 0 Å². The third-order valence-corrected chi connectivity index (χ3v) is 3.14.